The van der Waals surface area contributed by atoms with E-state index in [1.807, 2.05) is 6.07 Å². The van der Waals surface area contributed by atoms with E-state index in [-0.39, 0.29) is 4.83 Å². The van der Waals surface area contributed by atoms with E-state index in [1.165, 1.54) is 36.1 Å². The molecule has 0 radical (unpaired) electrons. The van der Waals surface area contributed by atoms with Crippen LogP contribution in [0.4, 0.5) is 8.78 Å². The summed E-state index contributed by atoms with van der Waals surface area (Å²) in [5, 5.41) is 0. The molecule has 0 N–H and O–H groups in total. The molecule has 1 atom stereocenters. The van der Waals surface area contributed by atoms with Crippen molar-refractivity contribution in [2.45, 2.75) is 30.5 Å². The van der Waals surface area contributed by atoms with Crippen LogP contribution in [0, 0.1) is 11.6 Å². The van der Waals surface area contributed by atoms with Crippen LogP contribution in [0.3, 0.4) is 0 Å². The predicted molar refractivity (Wildman–Crippen MR) is 80.2 cm³/mol. The molecule has 0 amide bonds. The molecule has 1 aliphatic carbocycles. The molecule has 3 heteroatoms. The van der Waals surface area contributed by atoms with Crippen molar-refractivity contribution in [3.63, 3.8) is 0 Å². The lowest BCUT2D eigenvalue weighted by atomic mass is 9.89. The second-order valence-corrected chi connectivity index (χ2v) is 6.18. The third-order valence-electron chi connectivity index (χ3n) is 3.90. The van der Waals surface area contributed by atoms with Crippen LogP contribution in [-0.4, -0.2) is 0 Å². The monoisotopic (exact) mass is 336 g/mol. The second kappa shape index (κ2) is 5.65. The molecule has 20 heavy (non-hydrogen) atoms. The van der Waals surface area contributed by atoms with Crippen LogP contribution in [0.1, 0.15) is 39.9 Å². The van der Waals surface area contributed by atoms with Crippen molar-refractivity contribution in [3.05, 3.63) is 70.3 Å². The molecule has 0 heterocycles. The fourth-order valence-electron chi connectivity index (χ4n) is 2.80. The molecule has 0 fully saturated rings. The minimum Gasteiger partial charge on any atom is -0.207 e. The molecule has 0 spiro atoms. The molecular formula is C17H15BrF2. The Labute approximate surface area is 126 Å². The Morgan fingerprint density at radius 1 is 0.900 bits per heavy atom. The van der Waals surface area contributed by atoms with E-state index < -0.39 is 11.6 Å². The van der Waals surface area contributed by atoms with Gasteiger partial charge in [-0.2, -0.15) is 0 Å². The Hall–Kier alpha value is -1.22. The van der Waals surface area contributed by atoms with Crippen LogP contribution in [0.2, 0.25) is 0 Å². The standard InChI is InChI=1S/C17H15BrF2/c18-17(15-8-7-14(19)10-16(15)20)13-6-5-11-3-1-2-4-12(11)9-13/h5-10,17H,1-4H2. The van der Waals surface area contributed by atoms with Crippen molar-refractivity contribution in [1.82, 2.24) is 0 Å². The van der Waals surface area contributed by atoms with E-state index >= 15 is 0 Å². The first-order valence-electron chi connectivity index (χ1n) is 6.86. The molecule has 1 unspecified atom stereocenters. The molecule has 0 saturated heterocycles. The molecule has 2 aromatic carbocycles. The third kappa shape index (κ3) is 2.64. The number of hydrogen-bond acceptors (Lipinski definition) is 0. The highest BCUT2D eigenvalue weighted by molar-refractivity contribution is 9.09. The van der Waals surface area contributed by atoms with Gasteiger partial charge in [-0.3, -0.25) is 0 Å². The van der Waals surface area contributed by atoms with E-state index in [9.17, 15) is 8.78 Å². The van der Waals surface area contributed by atoms with Gasteiger partial charge in [0.25, 0.3) is 0 Å². The van der Waals surface area contributed by atoms with Gasteiger partial charge in [0.15, 0.2) is 0 Å². The Morgan fingerprint density at radius 2 is 1.65 bits per heavy atom. The van der Waals surface area contributed by atoms with E-state index in [0.717, 1.165) is 24.5 Å². The van der Waals surface area contributed by atoms with Crippen molar-refractivity contribution in [3.8, 4) is 0 Å². The van der Waals surface area contributed by atoms with Gasteiger partial charge in [-0.05, 0) is 48.4 Å². The number of benzene rings is 2. The largest absolute Gasteiger partial charge is 0.207 e. The highest BCUT2D eigenvalue weighted by atomic mass is 79.9. The first-order chi connectivity index (χ1) is 9.65. The molecule has 0 bridgehead atoms. The summed E-state index contributed by atoms with van der Waals surface area (Å²) in [5.74, 6) is -1.05. The first kappa shape index (κ1) is 13.7. The SMILES string of the molecule is Fc1ccc(C(Br)c2ccc3c(c2)CCCC3)c(F)c1. The molecular weight excluding hydrogens is 322 g/mol. The van der Waals surface area contributed by atoms with Gasteiger partial charge in [0.2, 0.25) is 0 Å². The van der Waals surface area contributed by atoms with Crippen molar-refractivity contribution < 1.29 is 8.78 Å². The van der Waals surface area contributed by atoms with Crippen LogP contribution >= 0.6 is 15.9 Å². The Bertz CT molecular complexity index is 637. The maximum atomic E-state index is 13.9. The zero-order valence-electron chi connectivity index (χ0n) is 11.0. The van der Waals surface area contributed by atoms with Gasteiger partial charge in [0.1, 0.15) is 11.6 Å². The van der Waals surface area contributed by atoms with Gasteiger partial charge in [0, 0.05) is 11.6 Å². The lowest BCUT2D eigenvalue weighted by Crippen LogP contribution is -2.05. The third-order valence-corrected chi connectivity index (χ3v) is 4.92. The summed E-state index contributed by atoms with van der Waals surface area (Å²) >= 11 is 3.53. The smallest absolute Gasteiger partial charge is 0.130 e. The molecule has 0 aliphatic heterocycles. The molecule has 104 valence electrons. The highest BCUT2D eigenvalue weighted by Crippen LogP contribution is 2.34. The Morgan fingerprint density at radius 3 is 2.40 bits per heavy atom. The van der Waals surface area contributed by atoms with Crippen molar-refractivity contribution in [1.29, 1.82) is 0 Å². The van der Waals surface area contributed by atoms with E-state index in [4.69, 9.17) is 0 Å². The summed E-state index contributed by atoms with van der Waals surface area (Å²) in [6.07, 6.45) is 4.69. The molecule has 2 aromatic rings. The summed E-state index contributed by atoms with van der Waals surface area (Å²) in [6, 6.07) is 10.1. The number of halogens is 3. The minimum atomic E-state index is -0.545. The Balaban J connectivity index is 1.95. The van der Waals surface area contributed by atoms with Gasteiger partial charge in [-0.1, -0.05) is 40.2 Å². The lowest BCUT2D eigenvalue weighted by molar-refractivity contribution is 0.574. The summed E-state index contributed by atoms with van der Waals surface area (Å²) in [6.45, 7) is 0. The second-order valence-electron chi connectivity index (χ2n) is 5.26. The molecule has 3 rings (SSSR count). The van der Waals surface area contributed by atoms with Crippen LogP contribution in [0.15, 0.2) is 36.4 Å². The topological polar surface area (TPSA) is 0 Å². The van der Waals surface area contributed by atoms with E-state index in [1.54, 1.807) is 0 Å². The van der Waals surface area contributed by atoms with Gasteiger partial charge in [-0.25, -0.2) is 8.78 Å². The fourth-order valence-corrected chi connectivity index (χ4v) is 3.45. The number of rotatable bonds is 2. The van der Waals surface area contributed by atoms with Gasteiger partial charge < -0.3 is 0 Å². The summed E-state index contributed by atoms with van der Waals surface area (Å²) in [7, 11) is 0. The molecule has 1 aliphatic rings. The van der Waals surface area contributed by atoms with Crippen molar-refractivity contribution >= 4 is 15.9 Å². The van der Waals surface area contributed by atoms with Gasteiger partial charge >= 0.3 is 0 Å². The average molecular weight is 337 g/mol. The highest BCUT2D eigenvalue weighted by Gasteiger charge is 2.17. The maximum absolute atomic E-state index is 13.9. The quantitative estimate of drug-likeness (QED) is 0.650. The zero-order valence-corrected chi connectivity index (χ0v) is 12.6. The van der Waals surface area contributed by atoms with E-state index in [0.29, 0.717) is 5.56 Å². The van der Waals surface area contributed by atoms with Gasteiger partial charge in [-0.15, -0.1) is 0 Å². The van der Waals surface area contributed by atoms with E-state index in [2.05, 4.69) is 28.1 Å². The predicted octanol–water partition coefficient (Wildman–Crippen LogP) is 5.33. The number of alkyl halides is 1. The van der Waals surface area contributed by atoms with Crippen molar-refractivity contribution in [2.75, 3.05) is 0 Å². The lowest BCUT2D eigenvalue weighted by Gasteiger charge is -2.19. The summed E-state index contributed by atoms with van der Waals surface area (Å²) in [4.78, 5) is -0.240. The van der Waals surface area contributed by atoms with Gasteiger partial charge in [0.05, 0.1) is 4.83 Å². The maximum Gasteiger partial charge on any atom is 0.130 e. The first-order valence-corrected chi connectivity index (χ1v) is 7.77. The minimum absolute atomic E-state index is 0.240. The zero-order chi connectivity index (χ0) is 14.1. The van der Waals surface area contributed by atoms with Crippen LogP contribution in [-0.2, 0) is 12.8 Å². The molecule has 0 saturated carbocycles. The molecule has 0 nitrogen and oxygen atoms in total. The average Bonchev–Trinajstić information content (AvgIpc) is 2.46. The number of aryl methyl sites for hydroxylation is 2. The number of fused-ring (bicyclic) bond motifs is 1. The van der Waals surface area contributed by atoms with Crippen LogP contribution < -0.4 is 0 Å². The Kier molecular flexibility index (Phi) is 3.88. The summed E-state index contributed by atoms with van der Waals surface area (Å²) < 4.78 is 26.8. The normalized spacial score (nSPS) is 15.8. The van der Waals surface area contributed by atoms with Crippen LogP contribution in [0.25, 0.3) is 0 Å². The number of hydrogen-bond donors (Lipinski definition) is 0. The fraction of sp³-hybridized carbons (Fsp3) is 0.294. The summed E-state index contributed by atoms with van der Waals surface area (Å²) in [5.41, 5.74) is 4.26. The van der Waals surface area contributed by atoms with Crippen LogP contribution in [0.5, 0.6) is 0 Å². The molecule has 0 aromatic heterocycles. The van der Waals surface area contributed by atoms with Crippen molar-refractivity contribution in [2.24, 2.45) is 0 Å².